The van der Waals surface area contributed by atoms with Gasteiger partial charge < -0.3 is 14.5 Å². The SMILES string of the molecule is COC(=O)C12CC(C(=O)Nc3ccc(-c4nc5cccc(F)c5o4)cc3)(C1)C2. The van der Waals surface area contributed by atoms with Crippen LogP contribution in [0.15, 0.2) is 46.9 Å². The minimum atomic E-state index is -0.455. The van der Waals surface area contributed by atoms with Crippen molar-refractivity contribution in [3.63, 3.8) is 0 Å². The molecular weight excluding hydrogens is 363 g/mol. The van der Waals surface area contributed by atoms with Gasteiger partial charge in [0.25, 0.3) is 0 Å². The number of rotatable bonds is 4. The number of anilines is 1. The molecule has 0 atom stereocenters. The topological polar surface area (TPSA) is 81.4 Å². The second-order valence-electron chi connectivity index (χ2n) is 7.72. The minimum Gasteiger partial charge on any atom is -0.469 e. The van der Waals surface area contributed by atoms with Gasteiger partial charge in [-0.3, -0.25) is 9.59 Å². The van der Waals surface area contributed by atoms with E-state index in [4.69, 9.17) is 9.15 Å². The number of esters is 1. The quantitative estimate of drug-likeness (QED) is 0.694. The predicted molar refractivity (Wildman–Crippen MR) is 98.8 cm³/mol. The smallest absolute Gasteiger partial charge is 0.311 e. The number of nitrogens with one attached hydrogen (secondary N) is 1. The molecular formula is C21H17FN2O4. The number of nitrogens with zero attached hydrogens (tertiary/aromatic N) is 1. The summed E-state index contributed by atoms with van der Waals surface area (Å²) < 4.78 is 24.1. The number of carbonyl (C=O) groups is 2. The molecule has 3 fully saturated rings. The van der Waals surface area contributed by atoms with Crippen LogP contribution < -0.4 is 5.32 Å². The van der Waals surface area contributed by atoms with Gasteiger partial charge in [-0.25, -0.2) is 9.37 Å². The Bertz CT molecular complexity index is 1100. The fourth-order valence-corrected chi connectivity index (χ4v) is 4.46. The van der Waals surface area contributed by atoms with Crippen molar-refractivity contribution in [3.05, 3.63) is 48.3 Å². The van der Waals surface area contributed by atoms with Crippen LogP contribution in [0.4, 0.5) is 10.1 Å². The number of fused-ring (bicyclic) bond motifs is 1. The highest BCUT2D eigenvalue weighted by Gasteiger charge is 2.75. The van der Waals surface area contributed by atoms with Gasteiger partial charge in [0.1, 0.15) is 5.52 Å². The van der Waals surface area contributed by atoms with E-state index in [0.29, 0.717) is 41.9 Å². The van der Waals surface area contributed by atoms with Crippen molar-refractivity contribution in [2.24, 2.45) is 10.8 Å². The van der Waals surface area contributed by atoms with Gasteiger partial charge in [0, 0.05) is 11.3 Å². The molecule has 1 heterocycles. The summed E-state index contributed by atoms with van der Waals surface area (Å²) in [7, 11) is 1.38. The Kier molecular flexibility index (Phi) is 3.41. The van der Waals surface area contributed by atoms with Crippen LogP contribution in [0.25, 0.3) is 22.6 Å². The highest BCUT2D eigenvalue weighted by molar-refractivity contribution is 6.01. The Balaban J connectivity index is 1.29. The molecule has 3 aromatic rings. The number of benzene rings is 2. The third-order valence-corrected chi connectivity index (χ3v) is 5.89. The van der Waals surface area contributed by atoms with E-state index in [0.717, 1.165) is 0 Å². The molecule has 0 radical (unpaired) electrons. The molecule has 2 aromatic carbocycles. The number of methoxy groups -OCH3 is 1. The lowest BCUT2D eigenvalue weighted by Crippen LogP contribution is -2.69. The molecule has 142 valence electrons. The lowest BCUT2D eigenvalue weighted by atomic mass is 9.35. The van der Waals surface area contributed by atoms with Crippen LogP contribution in [0, 0.1) is 16.6 Å². The molecule has 3 aliphatic rings. The lowest BCUT2D eigenvalue weighted by molar-refractivity contribution is -0.220. The van der Waals surface area contributed by atoms with E-state index in [-0.39, 0.29) is 17.5 Å². The molecule has 2 bridgehead atoms. The number of amides is 1. The molecule has 0 aliphatic heterocycles. The number of hydrogen-bond acceptors (Lipinski definition) is 5. The van der Waals surface area contributed by atoms with Gasteiger partial charge >= 0.3 is 5.97 Å². The van der Waals surface area contributed by atoms with Crippen molar-refractivity contribution in [3.8, 4) is 11.5 Å². The number of oxazole rings is 1. The van der Waals surface area contributed by atoms with Crippen LogP contribution in [0.5, 0.6) is 0 Å². The monoisotopic (exact) mass is 380 g/mol. The van der Waals surface area contributed by atoms with Gasteiger partial charge in [-0.15, -0.1) is 0 Å². The molecule has 1 aromatic heterocycles. The van der Waals surface area contributed by atoms with Crippen molar-refractivity contribution in [2.75, 3.05) is 12.4 Å². The summed E-state index contributed by atoms with van der Waals surface area (Å²) in [4.78, 5) is 28.6. The number of hydrogen-bond donors (Lipinski definition) is 1. The number of halogens is 1. The Hall–Kier alpha value is -3.22. The summed E-state index contributed by atoms with van der Waals surface area (Å²) in [6.45, 7) is 0. The van der Waals surface area contributed by atoms with Crippen molar-refractivity contribution >= 4 is 28.7 Å². The zero-order valence-electron chi connectivity index (χ0n) is 15.1. The lowest BCUT2D eigenvalue weighted by Gasteiger charge is -2.66. The summed E-state index contributed by atoms with van der Waals surface area (Å²) in [6.07, 6.45) is 1.64. The van der Waals surface area contributed by atoms with Crippen LogP contribution >= 0.6 is 0 Å². The Labute approximate surface area is 159 Å². The zero-order chi connectivity index (χ0) is 19.5. The molecule has 6 nitrogen and oxygen atoms in total. The van der Waals surface area contributed by atoms with Crippen molar-refractivity contribution in [2.45, 2.75) is 19.3 Å². The molecule has 0 unspecified atom stereocenters. The van der Waals surface area contributed by atoms with E-state index in [9.17, 15) is 14.0 Å². The highest BCUT2D eigenvalue weighted by Crippen LogP contribution is 2.73. The molecule has 3 saturated carbocycles. The Morgan fingerprint density at radius 3 is 2.46 bits per heavy atom. The molecule has 0 saturated heterocycles. The standard InChI is InChI=1S/C21H17FN2O4/c1-27-19(26)21-9-20(10-21,11-21)18(25)23-13-7-5-12(6-8-13)17-24-15-4-2-3-14(22)16(15)28-17/h2-8H,9-11H2,1H3,(H,23,25). The average Bonchev–Trinajstić information content (AvgIpc) is 3.05. The van der Waals surface area contributed by atoms with E-state index >= 15 is 0 Å². The minimum absolute atomic E-state index is 0.0741. The number of carbonyl (C=O) groups excluding carboxylic acids is 2. The second kappa shape index (κ2) is 5.64. The second-order valence-corrected chi connectivity index (χ2v) is 7.72. The molecule has 7 heteroatoms. The van der Waals surface area contributed by atoms with Crippen LogP contribution in [0.1, 0.15) is 19.3 Å². The molecule has 0 spiro atoms. The normalized spacial score (nSPS) is 24.9. The Morgan fingerprint density at radius 2 is 1.82 bits per heavy atom. The van der Waals surface area contributed by atoms with Gasteiger partial charge in [0.15, 0.2) is 11.4 Å². The van der Waals surface area contributed by atoms with E-state index < -0.39 is 16.6 Å². The van der Waals surface area contributed by atoms with Crippen molar-refractivity contribution < 1.29 is 23.1 Å². The maximum absolute atomic E-state index is 13.8. The molecule has 1 N–H and O–H groups in total. The number of aromatic nitrogens is 1. The van der Waals surface area contributed by atoms with Gasteiger partial charge in [0.2, 0.25) is 11.8 Å². The van der Waals surface area contributed by atoms with Crippen LogP contribution in [0.3, 0.4) is 0 Å². The first-order valence-corrected chi connectivity index (χ1v) is 9.00. The Morgan fingerprint density at radius 1 is 1.11 bits per heavy atom. The van der Waals surface area contributed by atoms with E-state index in [2.05, 4.69) is 10.3 Å². The van der Waals surface area contributed by atoms with E-state index in [1.807, 2.05) is 0 Å². The summed E-state index contributed by atoms with van der Waals surface area (Å²) >= 11 is 0. The number of ether oxygens (including phenoxy) is 1. The van der Waals surface area contributed by atoms with Crippen LogP contribution in [0.2, 0.25) is 0 Å². The first-order valence-electron chi connectivity index (χ1n) is 9.00. The molecule has 6 rings (SSSR count). The van der Waals surface area contributed by atoms with Gasteiger partial charge in [-0.1, -0.05) is 6.07 Å². The van der Waals surface area contributed by atoms with Gasteiger partial charge in [-0.05, 0) is 55.7 Å². The van der Waals surface area contributed by atoms with Crippen LogP contribution in [-0.2, 0) is 14.3 Å². The fourth-order valence-electron chi connectivity index (χ4n) is 4.46. The van der Waals surface area contributed by atoms with Crippen LogP contribution in [-0.4, -0.2) is 24.0 Å². The maximum Gasteiger partial charge on any atom is 0.311 e. The largest absolute Gasteiger partial charge is 0.469 e. The summed E-state index contributed by atoms with van der Waals surface area (Å²) in [5, 5.41) is 2.91. The fraction of sp³-hybridized carbons (Fsp3) is 0.286. The number of para-hydroxylation sites is 1. The predicted octanol–water partition coefficient (Wildman–Crippen LogP) is 3.92. The van der Waals surface area contributed by atoms with E-state index in [1.165, 1.54) is 13.2 Å². The third-order valence-electron chi connectivity index (χ3n) is 5.89. The summed E-state index contributed by atoms with van der Waals surface area (Å²) in [5.74, 6) is -0.433. The summed E-state index contributed by atoms with van der Waals surface area (Å²) in [5.41, 5.74) is 1.01. The average molecular weight is 380 g/mol. The summed E-state index contributed by atoms with van der Waals surface area (Å²) in [6, 6.07) is 11.6. The van der Waals surface area contributed by atoms with Gasteiger partial charge in [-0.2, -0.15) is 0 Å². The third kappa shape index (κ3) is 2.28. The van der Waals surface area contributed by atoms with E-state index in [1.54, 1.807) is 36.4 Å². The molecule has 1 amide bonds. The van der Waals surface area contributed by atoms with Crippen molar-refractivity contribution in [1.82, 2.24) is 4.98 Å². The first-order chi connectivity index (χ1) is 13.4. The zero-order valence-corrected chi connectivity index (χ0v) is 15.1. The maximum atomic E-state index is 13.8. The van der Waals surface area contributed by atoms with Crippen molar-refractivity contribution in [1.29, 1.82) is 0 Å². The molecule has 3 aliphatic carbocycles. The first kappa shape index (κ1) is 16.9. The molecule has 28 heavy (non-hydrogen) atoms. The van der Waals surface area contributed by atoms with Gasteiger partial charge in [0.05, 0.1) is 17.9 Å². The highest BCUT2D eigenvalue weighted by atomic mass is 19.1.